The van der Waals surface area contributed by atoms with E-state index in [1.807, 2.05) is 45.0 Å². The summed E-state index contributed by atoms with van der Waals surface area (Å²) in [4.78, 5) is 17.7. The molecule has 2 heterocycles. The lowest BCUT2D eigenvalue weighted by Crippen LogP contribution is -2.04. The molecule has 0 aliphatic carbocycles. The zero-order chi connectivity index (χ0) is 18.8. The summed E-state index contributed by atoms with van der Waals surface area (Å²) in [7, 11) is 0. The van der Waals surface area contributed by atoms with E-state index in [1.54, 1.807) is 6.92 Å². The van der Waals surface area contributed by atoms with Gasteiger partial charge < -0.3 is 10.5 Å². The van der Waals surface area contributed by atoms with Gasteiger partial charge in [0.2, 0.25) is 0 Å². The average molecular weight is 368 g/mol. The quantitative estimate of drug-likeness (QED) is 0.493. The van der Waals surface area contributed by atoms with Gasteiger partial charge in [-0.15, -0.1) is 16.5 Å². The number of rotatable bonds is 4. The van der Waals surface area contributed by atoms with E-state index in [2.05, 4.69) is 15.2 Å². The summed E-state index contributed by atoms with van der Waals surface area (Å²) < 4.78 is 5.08. The molecule has 0 atom stereocenters. The Morgan fingerprint density at radius 1 is 1.19 bits per heavy atom. The number of azo groups is 1. The van der Waals surface area contributed by atoms with Gasteiger partial charge in [0.15, 0.2) is 0 Å². The number of nitrogen functional groups attached to an aromatic ring is 1. The third-order valence-corrected chi connectivity index (χ3v) is 5.11. The number of benzene rings is 1. The first-order chi connectivity index (χ1) is 12.4. The summed E-state index contributed by atoms with van der Waals surface area (Å²) in [6.45, 7) is 7.87. The van der Waals surface area contributed by atoms with Gasteiger partial charge in [0.1, 0.15) is 15.4 Å². The van der Waals surface area contributed by atoms with Gasteiger partial charge in [-0.25, -0.2) is 9.78 Å². The molecule has 0 spiro atoms. The van der Waals surface area contributed by atoms with Crippen molar-refractivity contribution in [2.75, 3.05) is 12.3 Å². The van der Waals surface area contributed by atoms with Crippen LogP contribution in [0.25, 0.3) is 10.2 Å². The Balaban J connectivity index is 2.08. The Bertz CT molecular complexity index is 1010. The van der Waals surface area contributed by atoms with Gasteiger partial charge in [0.05, 0.1) is 23.7 Å². The molecule has 6 nitrogen and oxygen atoms in total. The SMILES string of the molecule is CCOC(=O)c1sc2nc(C)c(N=Nc3ccc(C)cc3)c(C)c2c1N. The molecule has 3 rings (SSSR count). The van der Waals surface area contributed by atoms with Gasteiger partial charge in [0, 0.05) is 5.39 Å². The molecule has 3 aromatic rings. The van der Waals surface area contributed by atoms with Crippen LogP contribution in [0.4, 0.5) is 17.1 Å². The van der Waals surface area contributed by atoms with Crippen LogP contribution in [0.2, 0.25) is 0 Å². The number of aromatic nitrogens is 1. The number of aryl methyl sites for hydroxylation is 3. The molecule has 1 aromatic carbocycles. The van der Waals surface area contributed by atoms with Crippen molar-refractivity contribution < 1.29 is 9.53 Å². The Kier molecular flexibility index (Phi) is 4.99. The number of fused-ring (bicyclic) bond motifs is 1. The second-order valence-electron chi connectivity index (χ2n) is 5.95. The molecule has 0 unspecified atom stereocenters. The molecule has 0 saturated heterocycles. The maximum absolute atomic E-state index is 12.1. The zero-order valence-corrected chi connectivity index (χ0v) is 16.0. The van der Waals surface area contributed by atoms with Crippen molar-refractivity contribution in [1.29, 1.82) is 0 Å². The predicted molar refractivity (Wildman–Crippen MR) is 105 cm³/mol. The van der Waals surface area contributed by atoms with Crippen LogP contribution in [0.5, 0.6) is 0 Å². The van der Waals surface area contributed by atoms with Crippen molar-refractivity contribution in [2.24, 2.45) is 10.2 Å². The van der Waals surface area contributed by atoms with E-state index in [1.165, 1.54) is 11.3 Å². The van der Waals surface area contributed by atoms with E-state index < -0.39 is 5.97 Å². The number of hydrogen-bond donors (Lipinski definition) is 1. The van der Waals surface area contributed by atoms with Gasteiger partial charge in [-0.2, -0.15) is 5.11 Å². The number of carbonyl (C=O) groups excluding carboxylic acids is 1. The summed E-state index contributed by atoms with van der Waals surface area (Å²) in [6, 6.07) is 7.79. The molecule has 2 aromatic heterocycles. The molecule has 0 aliphatic heterocycles. The minimum absolute atomic E-state index is 0.300. The third kappa shape index (κ3) is 3.30. The van der Waals surface area contributed by atoms with Crippen LogP contribution in [0.1, 0.15) is 33.4 Å². The average Bonchev–Trinajstić information content (AvgIpc) is 2.93. The topological polar surface area (TPSA) is 89.9 Å². The van der Waals surface area contributed by atoms with Gasteiger partial charge in [-0.1, -0.05) is 17.7 Å². The number of hydrogen-bond acceptors (Lipinski definition) is 7. The maximum Gasteiger partial charge on any atom is 0.350 e. The fourth-order valence-electron chi connectivity index (χ4n) is 2.68. The Morgan fingerprint density at radius 2 is 1.88 bits per heavy atom. The highest BCUT2D eigenvalue weighted by Crippen LogP contribution is 2.40. The lowest BCUT2D eigenvalue weighted by atomic mass is 10.1. The second-order valence-corrected chi connectivity index (χ2v) is 6.95. The fraction of sp³-hybridized carbons (Fsp3) is 0.263. The van der Waals surface area contributed by atoms with Crippen molar-refractivity contribution >= 4 is 44.6 Å². The number of pyridine rings is 1. The molecule has 0 bridgehead atoms. The number of nitrogens with zero attached hydrogens (tertiary/aromatic N) is 3. The Morgan fingerprint density at radius 3 is 2.54 bits per heavy atom. The number of carbonyl (C=O) groups is 1. The molecule has 0 fully saturated rings. The van der Waals surface area contributed by atoms with Crippen LogP contribution in [0.3, 0.4) is 0 Å². The molecular formula is C19H20N4O2S. The van der Waals surface area contributed by atoms with E-state index in [0.717, 1.165) is 27.9 Å². The fourth-order valence-corrected chi connectivity index (χ4v) is 3.78. The van der Waals surface area contributed by atoms with Crippen LogP contribution in [-0.2, 0) is 4.74 Å². The van der Waals surface area contributed by atoms with Crippen LogP contribution in [0, 0.1) is 20.8 Å². The van der Waals surface area contributed by atoms with E-state index in [4.69, 9.17) is 10.5 Å². The van der Waals surface area contributed by atoms with E-state index in [9.17, 15) is 4.79 Å². The number of esters is 1. The number of ether oxygens (including phenoxy) is 1. The second kappa shape index (κ2) is 7.21. The standard InChI is InChI=1S/C19H20N4O2S/c1-5-25-19(24)17-15(20)14-11(3)16(12(4)21-18(14)26-17)23-22-13-8-6-10(2)7-9-13/h6-9H,5,20H2,1-4H3. The number of thiophene rings is 1. The van der Waals surface area contributed by atoms with Gasteiger partial charge >= 0.3 is 5.97 Å². The summed E-state index contributed by atoms with van der Waals surface area (Å²) in [5.41, 5.74) is 10.8. The highest BCUT2D eigenvalue weighted by Gasteiger charge is 2.22. The highest BCUT2D eigenvalue weighted by atomic mass is 32.1. The van der Waals surface area contributed by atoms with Gasteiger partial charge in [-0.3, -0.25) is 0 Å². The molecule has 0 amide bonds. The Labute approximate surface area is 155 Å². The van der Waals surface area contributed by atoms with Gasteiger partial charge in [0.25, 0.3) is 0 Å². The Hall–Kier alpha value is -2.80. The van der Waals surface area contributed by atoms with E-state index in [-0.39, 0.29) is 0 Å². The summed E-state index contributed by atoms with van der Waals surface area (Å²) in [6.07, 6.45) is 0. The lowest BCUT2D eigenvalue weighted by molar-refractivity contribution is 0.0533. The van der Waals surface area contributed by atoms with Crippen molar-refractivity contribution in [2.45, 2.75) is 27.7 Å². The molecule has 134 valence electrons. The first kappa shape index (κ1) is 18.0. The monoisotopic (exact) mass is 368 g/mol. The third-order valence-electron chi connectivity index (χ3n) is 4.03. The van der Waals surface area contributed by atoms with Crippen LogP contribution in [0.15, 0.2) is 34.5 Å². The molecule has 0 radical (unpaired) electrons. The first-order valence-corrected chi connectivity index (χ1v) is 9.08. The van der Waals surface area contributed by atoms with Crippen molar-refractivity contribution in [1.82, 2.24) is 4.98 Å². The minimum Gasteiger partial charge on any atom is -0.462 e. The van der Waals surface area contributed by atoms with Crippen LogP contribution < -0.4 is 5.73 Å². The zero-order valence-electron chi connectivity index (χ0n) is 15.2. The molecule has 26 heavy (non-hydrogen) atoms. The summed E-state index contributed by atoms with van der Waals surface area (Å²) in [5, 5.41) is 9.42. The normalized spacial score (nSPS) is 11.4. The minimum atomic E-state index is -0.423. The van der Waals surface area contributed by atoms with Crippen LogP contribution >= 0.6 is 11.3 Å². The molecule has 0 aliphatic rings. The van der Waals surface area contributed by atoms with E-state index in [0.29, 0.717) is 27.7 Å². The molecular weight excluding hydrogens is 348 g/mol. The predicted octanol–water partition coefficient (Wildman–Crippen LogP) is 5.40. The van der Waals surface area contributed by atoms with Crippen molar-refractivity contribution in [3.05, 3.63) is 46.0 Å². The number of nitrogens with two attached hydrogens (primary N) is 1. The lowest BCUT2D eigenvalue weighted by Gasteiger charge is -2.06. The molecule has 7 heteroatoms. The summed E-state index contributed by atoms with van der Waals surface area (Å²) in [5.74, 6) is -0.423. The molecule has 0 saturated carbocycles. The smallest absolute Gasteiger partial charge is 0.350 e. The first-order valence-electron chi connectivity index (χ1n) is 8.27. The largest absolute Gasteiger partial charge is 0.462 e. The number of anilines is 1. The van der Waals surface area contributed by atoms with E-state index >= 15 is 0 Å². The van der Waals surface area contributed by atoms with Crippen molar-refractivity contribution in [3.63, 3.8) is 0 Å². The van der Waals surface area contributed by atoms with Gasteiger partial charge in [-0.05, 0) is 45.4 Å². The summed E-state index contributed by atoms with van der Waals surface area (Å²) >= 11 is 1.24. The van der Waals surface area contributed by atoms with Crippen molar-refractivity contribution in [3.8, 4) is 0 Å². The highest BCUT2D eigenvalue weighted by molar-refractivity contribution is 7.21. The van der Waals surface area contributed by atoms with Crippen LogP contribution in [-0.4, -0.2) is 17.6 Å². The molecule has 2 N–H and O–H groups in total. The maximum atomic E-state index is 12.1.